The third kappa shape index (κ3) is 3.11. The van der Waals surface area contributed by atoms with Crippen molar-refractivity contribution in [2.75, 3.05) is 19.5 Å². The highest BCUT2D eigenvalue weighted by Crippen LogP contribution is 2.25. The van der Waals surface area contributed by atoms with E-state index in [4.69, 9.17) is 21.1 Å². The minimum absolute atomic E-state index is 0.479. The SMILES string of the molecule is COc1ncnc(OC)c1CNc1ccc(C)c(Cl)c1. The Kier molecular flexibility index (Phi) is 4.63. The quantitative estimate of drug-likeness (QED) is 0.918. The molecular weight excluding hydrogens is 278 g/mol. The lowest BCUT2D eigenvalue weighted by molar-refractivity contribution is 0.363. The lowest BCUT2D eigenvalue weighted by atomic mass is 10.2. The van der Waals surface area contributed by atoms with Crippen LogP contribution in [0.2, 0.25) is 5.02 Å². The van der Waals surface area contributed by atoms with Gasteiger partial charge in [0.1, 0.15) is 6.33 Å². The largest absolute Gasteiger partial charge is 0.481 e. The van der Waals surface area contributed by atoms with Gasteiger partial charge in [0.05, 0.1) is 26.3 Å². The highest BCUT2D eigenvalue weighted by molar-refractivity contribution is 6.31. The Morgan fingerprint density at radius 1 is 1.15 bits per heavy atom. The Hall–Kier alpha value is -2.01. The van der Waals surface area contributed by atoms with Gasteiger partial charge >= 0.3 is 0 Å². The van der Waals surface area contributed by atoms with E-state index >= 15 is 0 Å². The summed E-state index contributed by atoms with van der Waals surface area (Å²) < 4.78 is 10.4. The first kappa shape index (κ1) is 14.4. The van der Waals surface area contributed by atoms with Gasteiger partial charge in [-0.3, -0.25) is 0 Å². The van der Waals surface area contributed by atoms with Crippen LogP contribution in [-0.4, -0.2) is 24.2 Å². The maximum atomic E-state index is 6.10. The Bertz CT molecular complexity index is 583. The lowest BCUT2D eigenvalue weighted by Gasteiger charge is -2.12. The van der Waals surface area contributed by atoms with Crippen LogP contribution in [0.25, 0.3) is 0 Å². The van der Waals surface area contributed by atoms with Crippen LogP contribution in [-0.2, 0) is 6.54 Å². The molecule has 0 aliphatic heterocycles. The molecule has 0 radical (unpaired) electrons. The standard InChI is InChI=1S/C14H16ClN3O2/c1-9-4-5-10(6-12(9)15)16-7-11-13(19-2)17-8-18-14(11)20-3/h4-6,8,16H,7H2,1-3H3. The average Bonchev–Trinajstić information content (AvgIpc) is 2.48. The molecule has 0 saturated carbocycles. The predicted molar refractivity (Wildman–Crippen MR) is 78.7 cm³/mol. The van der Waals surface area contributed by atoms with Crippen molar-refractivity contribution >= 4 is 17.3 Å². The molecule has 1 aromatic carbocycles. The predicted octanol–water partition coefficient (Wildman–Crippen LogP) is 3.07. The number of aromatic nitrogens is 2. The number of methoxy groups -OCH3 is 2. The van der Waals surface area contributed by atoms with Gasteiger partial charge in [0.15, 0.2) is 0 Å². The zero-order valence-electron chi connectivity index (χ0n) is 11.6. The summed E-state index contributed by atoms with van der Waals surface area (Å²) in [5.74, 6) is 0.977. The summed E-state index contributed by atoms with van der Waals surface area (Å²) in [6, 6.07) is 5.80. The van der Waals surface area contributed by atoms with Crippen LogP contribution in [0.3, 0.4) is 0 Å². The number of hydrogen-bond acceptors (Lipinski definition) is 5. The van der Waals surface area contributed by atoms with Crippen molar-refractivity contribution in [2.45, 2.75) is 13.5 Å². The van der Waals surface area contributed by atoms with Crippen molar-refractivity contribution < 1.29 is 9.47 Å². The molecule has 2 rings (SSSR count). The number of aryl methyl sites for hydroxylation is 1. The smallest absolute Gasteiger partial charge is 0.225 e. The number of benzene rings is 1. The van der Waals surface area contributed by atoms with Gasteiger partial charge in [0.2, 0.25) is 11.8 Å². The topological polar surface area (TPSA) is 56.3 Å². The van der Waals surface area contributed by atoms with E-state index in [1.807, 2.05) is 25.1 Å². The Balaban J connectivity index is 2.19. The summed E-state index contributed by atoms with van der Waals surface area (Å²) in [4.78, 5) is 8.14. The fourth-order valence-electron chi connectivity index (χ4n) is 1.78. The van der Waals surface area contributed by atoms with Gasteiger partial charge in [-0.15, -0.1) is 0 Å². The van der Waals surface area contributed by atoms with Crippen molar-refractivity contribution in [3.05, 3.63) is 40.7 Å². The summed E-state index contributed by atoms with van der Waals surface area (Å²) in [7, 11) is 3.13. The summed E-state index contributed by atoms with van der Waals surface area (Å²) in [5.41, 5.74) is 2.71. The Morgan fingerprint density at radius 2 is 1.80 bits per heavy atom. The molecule has 5 nitrogen and oxygen atoms in total. The Morgan fingerprint density at radius 3 is 2.35 bits per heavy atom. The van der Waals surface area contributed by atoms with Crippen molar-refractivity contribution in [3.63, 3.8) is 0 Å². The van der Waals surface area contributed by atoms with Crippen LogP contribution in [0.5, 0.6) is 11.8 Å². The fraction of sp³-hybridized carbons (Fsp3) is 0.286. The molecule has 0 unspecified atom stereocenters. The van der Waals surface area contributed by atoms with E-state index in [9.17, 15) is 0 Å². The molecule has 6 heteroatoms. The van der Waals surface area contributed by atoms with E-state index in [0.29, 0.717) is 18.3 Å². The number of ether oxygens (including phenoxy) is 2. The van der Waals surface area contributed by atoms with Gasteiger partial charge < -0.3 is 14.8 Å². The average molecular weight is 294 g/mol. The van der Waals surface area contributed by atoms with Crippen molar-refractivity contribution in [2.24, 2.45) is 0 Å². The van der Waals surface area contributed by atoms with Crippen molar-refractivity contribution in [1.82, 2.24) is 9.97 Å². The fourth-order valence-corrected chi connectivity index (χ4v) is 1.96. The molecule has 0 bridgehead atoms. The number of anilines is 1. The minimum Gasteiger partial charge on any atom is -0.481 e. The monoisotopic (exact) mass is 293 g/mol. The number of rotatable bonds is 5. The van der Waals surface area contributed by atoms with E-state index in [2.05, 4.69) is 15.3 Å². The van der Waals surface area contributed by atoms with Gasteiger partial charge in [-0.25, -0.2) is 9.97 Å². The summed E-state index contributed by atoms with van der Waals surface area (Å²) >= 11 is 6.10. The van der Waals surface area contributed by atoms with E-state index in [1.54, 1.807) is 14.2 Å². The van der Waals surface area contributed by atoms with E-state index in [0.717, 1.165) is 21.8 Å². The van der Waals surface area contributed by atoms with Crippen LogP contribution >= 0.6 is 11.6 Å². The third-order valence-electron chi connectivity index (χ3n) is 2.89. The summed E-state index contributed by atoms with van der Waals surface area (Å²) in [6.07, 6.45) is 1.41. The molecule has 0 spiro atoms. The number of nitrogens with zero attached hydrogens (tertiary/aromatic N) is 2. The lowest BCUT2D eigenvalue weighted by Crippen LogP contribution is -2.06. The third-order valence-corrected chi connectivity index (χ3v) is 3.30. The zero-order chi connectivity index (χ0) is 14.5. The molecule has 0 amide bonds. The summed E-state index contributed by atoms with van der Waals surface area (Å²) in [6.45, 7) is 2.44. The number of halogens is 1. The van der Waals surface area contributed by atoms with E-state index < -0.39 is 0 Å². The normalized spacial score (nSPS) is 10.2. The first-order valence-corrected chi connectivity index (χ1v) is 6.45. The maximum Gasteiger partial charge on any atom is 0.225 e. The van der Waals surface area contributed by atoms with Crippen LogP contribution in [0.1, 0.15) is 11.1 Å². The minimum atomic E-state index is 0.479. The second-order valence-corrected chi connectivity index (χ2v) is 4.60. The molecular formula is C14H16ClN3O2. The number of hydrogen-bond donors (Lipinski definition) is 1. The highest BCUT2D eigenvalue weighted by Gasteiger charge is 2.12. The molecule has 0 fully saturated rings. The second kappa shape index (κ2) is 6.43. The maximum absolute atomic E-state index is 6.10. The van der Waals surface area contributed by atoms with Gasteiger partial charge in [0.25, 0.3) is 0 Å². The van der Waals surface area contributed by atoms with Gasteiger partial charge in [-0.05, 0) is 24.6 Å². The van der Waals surface area contributed by atoms with Crippen LogP contribution in [0.15, 0.2) is 24.5 Å². The molecule has 20 heavy (non-hydrogen) atoms. The molecule has 2 aromatic rings. The molecule has 0 aliphatic carbocycles. The van der Waals surface area contributed by atoms with Gasteiger partial charge in [-0.1, -0.05) is 17.7 Å². The molecule has 0 atom stereocenters. The van der Waals surface area contributed by atoms with Crippen molar-refractivity contribution in [1.29, 1.82) is 0 Å². The molecule has 1 heterocycles. The number of nitrogens with one attached hydrogen (secondary N) is 1. The zero-order valence-corrected chi connectivity index (χ0v) is 12.4. The van der Waals surface area contributed by atoms with E-state index in [1.165, 1.54) is 6.33 Å². The second-order valence-electron chi connectivity index (χ2n) is 4.19. The first-order chi connectivity index (χ1) is 9.65. The van der Waals surface area contributed by atoms with Gasteiger partial charge in [0, 0.05) is 10.7 Å². The van der Waals surface area contributed by atoms with Crippen LogP contribution in [0, 0.1) is 6.92 Å². The molecule has 1 N–H and O–H groups in total. The van der Waals surface area contributed by atoms with Gasteiger partial charge in [-0.2, -0.15) is 0 Å². The van der Waals surface area contributed by atoms with Crippen LogP contribution in [0.4, 0.5) is 5.69 Å². The van der Waals surface area contributed by atoms with Crippen molar-refractivity contribution in [3.8, 4) is 11.8 Å². The highest BCUT2D eigenvalue weighted by atomic mass is 35.5. The molecule has 0 saturated heterocycles. The molecule has 106 valence electrons. The molecule has 1 aromatic heterocycles. The molecule has 0 aliphatic rings. The summed E-state index contributed by atoms with van der Waals surface area (Å²) in [5, 5.41) is 3.97. The first-order valence-electron chi connectivity index (χ1n) is 6.07. The van der Waals surface area contributed by atoms with Crippen LogP contribution < -0.4 is 14.8 Å². The van der Waals surface area contributed by atoms with E-state index in [-0.39, 0.29) is 0 Å². The Labute approximate surface area is 122 Å².